The smallest absolute Gasteiger partial charge is 0.251 e. The normalized spacial score (nSPS) is 16.7. The third-order valence-corrected chi connectivity index (χ3v) is 7.20. The fourth-order valence-corrected chi connectivity index (χ4v) is 5.28. The van der Waals surface area contributed by atoms with Crippen molar-refractivity contribution >= 4 is 17.5 Å². The van der Waals surface area contributed by atoms with Crippen molar-refractivity contribution in [2.24, 2.45) is 5.92 Å². The van der Waals surface area contributed by atoms with Gasteiger partial charge in [-0.25, -0.2) is 4.39 Å². The van der Waals surface area contributed by atoms with Gasteiger partial charge in [-0.15, -0.1) is 0 Å². The van der Waals surface area contributed by atoms with E-state index < -0.39 is 6.04 Å². The summed E-state index contributed by atoms with van der Waals surface area (Å²) in [7, 11) is 0. The summed E-state index contributed by atoms with van der Waals surface area (Å²) in [5.74, 6) is 0.0961. The molecule has 1 aliphatic carbocycles. The fourth-order valence-electron chi connectivity index (χ4n) is 5.28. The Morgan fingerprint density at radius 3 is 2.74 bits per heavy atom. The van der Waals surface area contributed by atoms with E-state index in [9.17, 15) is 14.0 Å². The predicted octanol–water partition coefficient (Wildman–Crippen LogP) is 4.77. The molecule has 1 heterocycles. The number of hydrogen-bond donors (Lipinski definition) is 2. The van der Waals surface area contributed by atoms with Crippen LogP contribution in [-0.2, 0) is 11.2 Å². The highest BCUT2D eigenvalue weighted by molar-refractivity contribution is 5.97. The van der Waals surface area contributed by atoms with Gasteiger partial charge in [-0.3, -0.25) is 9.59 Å². The Hall–Kier alpha value is -2.89. The largest absolute Gasteiger partial charge is 0.369 e. The Labute approximate surface area is 202 Å². The summed E-state index contributed by atoms with van der Waals surface area (Å²) < 4.78 is 13.5. The van der Waals surface area contributed by atoms with E-state index in [2.05, 4.69) is 15.5 Å². The molecule has 0 unspecified atom stereocenters. The first-order chi connectivity index (χ1) is 16.5. The molecule has 1 atom stereocenters. The molecule has 1 fully saturated rings. The first-order valence-electron chi connectivity index (χ1n) is 12.7. The van der Waals surface area contributed by atoms with Crippen LogP contribution < -0.4 is 15.5 Å². The van der Waals surface area contributed by atoms with Crippen LogP contribution in [0.1, 0.15) is 66.4 Å². The maximum absolute atomic E-state index is 13.5. The van der Waals surface area contributed by atoms with E-state index in [1.54, 1.807) is 12.1 Å². The zero-order chi connectivity index (χ0) is 23.9. The summed E-state index contributed by atoms with van der Waals surface area (Å²) in [5, 5.41) is 6.03. The summed E-state index contributed by atoms with van der Waals surface area (Å²) in [6.07, 6.45) is 8.69. The number of fused-ring (bicyclic) bond motifs is 1. The molecule has 2 N–H and O–H groups in total. The molecule has 2 aromatic carbocycles. The number of benzene rings is 2. The Bertz CT molecular complexity index is 1000. The van der Waals surface area contributed by atoms with Crippen molar-refractivity contribution in [1.29, 1.82) is 0 Å². The number of carbonyl (C=O) groups excluding carboxylic acids is 2. The van der Waals surface area contributed by atoms with Crippen LogP contribution in [0.15, 0.2) is 42.5 Å². The van der Waals surface area contributed by atoms with Gasteiger partial charge in [0.1, 0.15) is 11.9 Å². The van der Waals surface area contributed by atoms with Crippen molar-refractivity contribution in [2.45, 2.75) is 64.3 Å². The maximum atomic E-state index is 13.5. The van der Waals surface area contributed by atoms with E-state index in [-0.39, 0.29) is 17.6 Å². The number of amides is 2. The topological polar surface area (TPSA) is 61.4 Å². The lowest BCUT2D eigenvalue weighted by Crippen LogP contribution is -2.48. The van der Waals surface area contributed by atoms with Gasteiger partial charge < -0.3 is 15.5 Å². The van der Waals surface area contributed by atoms with Gasteiger partial charge in [-0.2, -0.15) is 0 Å². The first kappa shape index (κ1) is 24.2. The standard InChI is InChI=1S/C28H36FN3O2/c1-20-6-5-9-23(18-20)27(33)31-25(12-10-21-7-3-2-4-8-21)28(34)30-15-17-32-16-14-22-19-24(29)11-13-26(22)32/h5-6,9,11,13,18-19,21,25H,2-4,7-8,10,12,14-17H2,1H3,(H,30,34)(H,31,33)/t25-/m0/s1. The van der Waals surface area contributed by atoms with E-state index >= 15 is 0 Å². The molecule has 5 nitrogen and oxygen atoms in total. The highest BCUT2D eigenvalue weighted by Gasteiger charge is 2.25. The molecule has 4 rings (SSSR count). The highest BCUT2D eigenvalue weighted by Crippen LogP contribution is 2.29. The van der Waals surface area contributed by atoms with E-state index in [4.69, 9.17) is 0 Å². The van der Waals surface area contributed by atoms with Crippen LogP contribution in [0.3, 0.4) is 0 Å². The van der Waals surface area contributed by atoms with Gasteiger partial charge in [0.15, 0.2) is 0 Å². The molecule has 1 aliphatic heterocycles. The lowest BCUT2D eigenvalue weighted by molar-refractivity contribution is -0.123. The van der Waals surface area contributed by atoms with Crippen molar-refractivity contribution < 1.29 is 14.0 Å². The summed E-state index contributed by atoms with van der Waals surface area (Å²) in [6.45, 7) is 3.92. The van der Waals surface area contributed by atoms with Gasteiger partial charge in [0.05, 0.1) is 0 Å². The summed E-state index contributed by atoms with van der Waals surface area (Å²) in [5.41, 5.74) is 3.65. The fraction of sp³-hybridized carbons (Fsp3) is 0.500. The monoisotopic (exact) mass is 465 g/mol. The van der Waals surface area contributed by atoms with Gasteiger partial charge in [0.25, 0.3) is 5.91 Å². The molecule has 0 aromatic heterocycles. The van der Waals surface area contributed by atoms with E-state index in [1.165, 1.54) is 38.2 Å². The zero-order valence-electron chi connectivity index (χ0n) is 20.1. The number of carbonyl (C=O) groups is 2. The maximum Gasteiger partial charge on any atom is 0.251 e. The predicted molar refractivity (Wildman–Crippen MR) is 134 cm³/mol. The van der Waals surface area contributed by atoms with Crippen LogP contribution in [0.25, 0.3) is 0 Å². The molecular weight excluding hydrogens is 429 g/mol. The third kappa shape index (κ3) is 6.37. The molecular formula is C28H36FN3O2. The number of nitrogens with zero attached hydrogens (tertiary/aromatic N) is 1. The van der Waals surface area contributed by atoms with Gasteiger partial charge in [-0.05, 0) is 68.0 Å². The molecule has 0 spiro atoms. The summed E-state index contributed by atoms with van der Waals surface area (Å²) in [6, 6.07) is 11.8. The van der Waals surface area contributed by atoms with Crippen LogP contribution in [-0.4, -0.2) is 37.5 Å². The summed E-state index contributed by atoms with van der Waals surface area (Å²) in [4.78, 5) is 28.2. The number of anilines is 1. The number of hydrogen-bond acceptors (Lipinski definition) is 3. The van der Waals surface area contributed by atoms with Gasteiger partial charge in [0.2, 0.25) is 5.91 Å². The second-order valence-corrected chi connectivity index (χ2v) is 9.78. The molecule has 2 amide bonds. The Morgan fingerprint density at radius 2 is 1.94 bits per heavy atom. The number of halogens is 1. The minimum atomic E-state index is -0.546. The van der Waals surface area contributed by atoms with Crippen LogP contribution in [0, 0.1) is 18.7 Å². The van der Waals surface area contributed by atoms with Gasteiger partial charge >= 0.3 is 0 Å². The Balaban J connectivity index is 1.34. The van der Waals surface area contributed by atoms with E-state index in [0.29, 0.717) is 31.0 Å². The average molecular weight is 466 g/mol. The molecule has 0 saturated heterocycles. The lowest BCUT2D eigenvalue weighted by atomic mass is 9.85. The van der Waals surface area contributed by atoms with Crippen molar-refractivity contribution in [3.8, 4) is 0 Å². The van der Waals surface area contributed by atoms with Gasteiger partial charge in [0, 0.05) is 30.9 Å². The van der Waals surface area contributed by atoms with Gasteiger partial charge in [-0.1, -0.05) is 49.8 Å². The van der Waals surface area contributed by atoms with Crippen molar-refractivity contribution in [1.82, 2.24) is 10.6 Å². The molecule has 2 aliphatic rings. The Kier molecular flexibility index (Phi) is 8.20. The van der Waals surface area contributed by atoms with Crippen LogP contribution in [0.2, 0.25) is 0 Å². The lowest BCUT2D eigenvalue weighted by Gasteiger charge is -2.25. The molecule has 34 heavy (non-hydrogen) atoms. The second-order valence-electron chi connectivity index (χ2n) is 9.78. The van der Waals surface area contributed by atoms with Crippen LogP contribution in [0.4, 0.5) is 10.1 Å². The second kappa shape index (κ2) is 11.5. The minimum absolute atomic E-state index is 0.129. The minimum Gasteiger partial charge on any atom is -0.369 e. The molecule has 1 saturated carbocycles. The average Bonchev–Trinajstić information content (AvgIpc) is 3.24. The first-order valence-corrected chi connectivity index (χ1v) is 12.7. The molecule has 2 aromatic rings. The Morgan fingerprint density at radius 1 is 1.12 bits per heavy atom. The molecule has 0 radical (unpaired) electrons. The van der Waals surface area contributed by atoms with Crippen LogP contribution in [0.5, 0.6) is 0 Å². The third-order valence-electron chi connectivity index (χ3n) is 7.20. The summed E-state index contributed by atoms with van der Waals surface area (Å²) >= 11 is 0. The molecule has 6 heteroatoms. The van der Waals surface area contributed by atoms with Crippen molar-refractivity contribution in [2.75, 3.05) is 24.5 Å². The number of nitrogens with one attached hydrogen (secondary N) is 2. The SMILES string of the molecule is Cc1cccc(C(=O)N[C@@H](CCC2CCCCC2)C(=O)NCCN2CCc3cc(F)ccc32)c1. The van der Waals surface area contributed by atoms with E-state index in [0.717, 1.165) is 36.2 Å². The zero-order valence-corrected chi connectivity index (χ0v) is 20.1. The highest BCUT2D eigenvalue weighted by atomic mass is 19.1. The quantitative estimate of drug-likeness (QED) is 0.561. The van der Waals surface area contributed by atoms with E-state index in [1.807, 2.05) is 31.2 Å². The molecule has 182 valence electrons. The number of aryl methyl sites for hydroxylation is 1. The molecule has 0 bridgehead atoms. The number of rotatable bonds is 9. The van der Waals surface area contributed by atoms with Crippen molar-refractivity contribution in [3.05, 3.63) is 65.0 Å². The van der Waals surface area contributed by atoms with Crippen molar-refractivity contribution in [3.63, 3.8) is 0 Å². The van der Waals surface area contributed by atoms with Crippen LogP contribution >= 0.6 is 0 Å².